The number of dihydropyridines is 1. The molecule has 0 spiro atoms. The van der Waals surface area contributed by atoms with Crippen molar-refractivity contribution in [2.75, 3.05) is 6.54 Å². The molecule has 92 valence electrons. The number of halogens is 3. The van der Waals surface area contributed by atoms with Crippen LogP contribution in [0.1, 0.15) is 12.6 Å². The maximum atomic E-state index is 12.5. The lowest BCUT2D eigenvalue weighted by Crippen LogP contribution is -2.21. The molecule has 2 heterocycles. The Hall–Kier alpha value is -1.72. The molecular weight excluding hydrogens is 231 g/mol. The van der Waals surface area contributed by atoms with Crippen LogP contribution in [-0.2, 0) is 6.54 Å². The van der Waals surface area contributed by atoms with E-state index >= 15 is 0 Å². The highest BCUT2D eigenvalue weighted by molar-refractivity contribution is 5.68. The van der Waals surface area contributed by atoms with Gasteiger partial charge in [0.25, 0.3) is 0 Å². The fourth-order valence-corrected chi connectivity index (χ4v) is 1.59. The first-order valence-electron chi connectivity index (χ1n) is 5.26. The molecule has 3 nitrogen and oxygen atoms in total. The van der Waals surface area contributed by atoms with Crippen molar-refractivity contribution in [1.82, 2.24) is 15.1 Å². The zero-order valence-electron chi connectivity index (χ0n) is 9.25. The smallest absolute Gasteiger partial charge is 0.386 e. The van der Waals surface area contributed by atoms with Gasteiger partial charge in [0.2, 0.25) is 0 Å². The lowest BCUT2D eigenvalue weighted by Gasteiger charge is -2.16. The molecule has 2 rings (SSSR count). The van der Waals surface area contributed by atoms with Crippen LogP contribution in [0.3, 0.4) is 0 Å². The first-order chi connectivity index (χ1) is 8.00. The molecule has 0 fully saturated rings. The van der Waals surface area contributed by atoms with Crippen LogP contribution in [-0.4, -0.2) is 22.5 Å². The topological polar surface area (TPSA) is 29.9 Å². The number of aryl methyl sites for hydroxylation is 1. The zero-order valence-corrected chi connectivity index (χ0v) is 9.25. The van der Waals surface area contributed by atoms with Crippen LogP contribution in [0.2, 0.25) is 0 Å². The van der Waals surface area contributed by atoms with Crippen LogP contribution in [0, 0.1) is 0 Å². The lowest BCUT2D eigenvalue weighted by atomic mass is 10.1. The Balaban J connectivity index is 2.28. The Morgan fingerprint density at radius 3 is 2.82 bits per heavy atom. The van der Waals surface area contributed by atoms with E-state index in [2.05, 4.69) is 10.4 Å². The van der Waals surface area contributed by atoms with E-state index in [1.165, 1.54) is 0 Å². The molecule has 6 heteroatoms. The van der Waals surface area contributed by atoms with Crippen LogP contribution >= 0.6 is 0 Å². The van der Waals surface area contributed by atoms with E-state index < -0.39 is 11.7 Å². The number of hydrogen-bond donors (Lipinski definition) is 1. The Bertz CT molecular complexity index is 469. The Kier molecular flexibility index (Phi) is 2.95. The van der Waals surface area contributed by atoms with Gasteiger partial charge in [-0.05, 0) is 24.6 Å². The van der Waals surface area contributed by atoms with E-state index in [-0.39, 0.29) is 0 Å². The van der Waals surface area contributed by atoms with Gasteiger partial charge in [-0.25, -0.2) is 0 Å². The molecule has 17 heavy (non-hydrogen) atoms. The van der Waals surface area contributed by atoms with Crippen molar-refractivity contribution in [2.24, 2.45) is 0 Å². The van der Waals surface area contributed by atoms with Crippen LogP contribution in [0.25, 0.3) is 5.57 Å². The number of alkyl halides is 3. The predicted octanol–water partition coefficient (Wildman–Crippen LogP) is 2.34. The minimum absolute atomic E-state index is 0.361. The number of allylic oxidation sites excluding steroid dienone is 2. The van der Waals surface area contributed by atoms with Gasteiger partial charge in [-0.3, -0.25) is 4.68 Å². The lowest BCUT2D eigenvalue weighted by molar-refractivity contribution is -0.0886. The largest absolute Gasteiger partial charge is 0.417 e. The molecule has 0 bridgehead atoms. The van der Waals surface area contributed by atoms with Crippen LogP contribution < -0.4 is 5.32 Å². The maximum Gasteiger partial charge on any atom is 0.417 e. The summed E-state index contributed by atoms with van der Waals surface area (Å²) in [7, 11) is 0. The Labute approximate surface area is 96.6 Å². The summed E-state index contributed by atoms with van der Waals surface area (Å²) in [6.45, 7) is 2.98. The first kappa shape index (κ1) is 11.8. The summed E-state index contributed by atoms with van der Waals surface area (Å²) in [6, 6.07) is 1.72. The number of nitrogens with one attached hydrogen (secondary N) is 1. The second kappa shape index (κ2) is 4.27. The Morgan fingerprint density at radius 2 is 2.24 bits per heavy atom. The maximum absolute atomic E-state index is 12.5. The summed E-state index contributed by atoms with van der Waals surface area (Å²) >= 11 is 0. The standard InChI is InChI=1S/C11H12F3N3/c1-2-17-4-3-10(16-17)8-5-9(7-15-6-8)11(12,13)14/h3-5,7,15H,2,6H2,1H3. The van der Waals surface area contributed by atoms with Crippen molar-refractivity contribution in [3.05, 3.63) is 35.8 Å². The molecule has 0 atom stereocenters. The third-order valence-corrected chi connectivity index (χ3v) is 2.50. The number of aromatic nitrogens is 2. The van der Waals surface area contributed by atoms with Crippen LogP contribution in [0.15, 0.2) is 30.1 Å². The van der Waals surface area contributed by atoms with Gasteiger partial charge >= 0.3 is 6.18 Å². The quantitative estimate of drug-likeness (QED) is 0.864. The normalized spacial score (nSPS) is 16.2. The van der Waals surface area contributed by atoms with Crippen molar-refractivity contribution in [2.45, 2.75) is 19.6 Å². The second-order valence-corrected chi connectivity index (χ2v) is 3.70. The minimum atomic E-state index is -4.33. The average Bonchev–Trinajstić information content (AvgIpc) is 2.76. The van der Waals surface area contributed by atoms with Crippen molar-refractivity contribution < 1.29 is 13.2 Å². The summed E-state index contributed by atoms with van der Waals surface area (Å²) in [5, 5.41) is 6.80. The monoisotopic (exact) mass is 243 g/mol. The van der Waals surface area contributed by atoms with E-state index in [1.54, 1.807) is 16.9 Å². The molecule has 0 radical (unpaired) electrons. The van der Waals surface area contributed by atoms with Crippen LogP contribution in [0.5, 0.6) is 0 Å². The van der Waals surface area contributed by atoms with Gasteiger partial charge in [0.15, 0.2) is 0 Å². The molecule has 1 aromatic heterocycles. The van der Waals surface area contributed by atoms with Gasteiger partial charge < -0.3 is 5.32 Å². The summed E-state index contributed by atoms with van der Waals surface area (Å²) in [5.41, 5.74) is 0.450. The summed E-state index contributed by atoms with van der Waals surface area (Å²) in [4.78, 5) is 0. The van der Waals surface area contributed by atoms with Crippen molar-refractivity contribution in [3.63, 3.8) is 0 Å². The molecule has 0 saturated carbocycles. The highest BCUT2D eigenvalue weighted by Crippen LogP contribution is 2.30. The molecular formula is C11H12F3N3. The molecule has 1 N–H and O–H groups in total. The van der Waals surface area contributed by atoms with Crippen molar-refractivity contribution in [1.29, 1.82) is 0 Å². The van der Waals surface area contributed by atoms with E-state index in [4.69, 9.17) is 0 Å². The average molecular weight is 243 g/mol. The first-order valence-corrected chi connectivity index (χ1v) is 5.26. The van der Waals surface area contributed by atoms with E-state index in [1.807, 2.05) is 6.92 Å². The highest BCUT2D eigenvalue weighted by Gasteiger charge is 2.33. The molecule has 0 unspecified atom stereocenters. The number of rotatable bonds is 2. The fraction of sp³-hybridized carbons (Fsp3) is 0.364. The summed E-state index contributed by atoms with van der Waals surface area (Å²) in [6.07, 6.45) is -0.451. The molecule has 1 aliphatic rings. The second-order valence-electron chi connectivity index (χ2n) is 3.70. The molecule has 1 aliphatic heterocycles. The van der Waals surface area contributed by atoms with E-state index in [0.717, 1.165) is 12.3 Å². The Morgan fingerprint density at radius 1 is 1.47 bits per heavy atom. The summed E-state index contributed by atoms with van der Waals surface area (Å²) in [5.74, 6) is 0. The molecule has 0 saturated heterocycles. The molecule has 1 aromatic rings. The minimum Gasteiger partial charge on any atom is -0.386 e. The van der Waals surface area contributed by atoms with Gasteiger partial charge in [-0.2, -0.15) is 18.3 Å². The van der Waals surface area contributed by atoms with Gasteiger partial charge in [0, 0.05) is 25.5 Å². The van der Waals surface area contributed by atoms with Crippen molar-refractivity contribution in [3.8, 4) is 0 Å². The highest BCUT2D eigenvalue weighted by atomic mass is 19.4. The van der Waals surface area contributed by atoms with E-state index in [9.17, 15) is 13.2 Å². The van der Waals surface area contributed by atoms with Gasteiger partial charge in [-0.1, -0.05) is 0 Å². The fourth-order valence-electron chi connectivity index (χ4n) is 1.59. The SMILES string of the molecule is CCn1ccc(C2=CC(C(F)(F)F)=CNC2)n1. The van der Waals surface area contributed by atoms with Gasteiger partial charge in [0.1, 0.15) is 0 Å². The third-order valence-electron chi connectivity index (χ3n) is 2.50. The van der Waals surface area contributed by atoms with Crippen molar-refractivity contribution >= 4 is 5.57 Å². The van der Waals surface area contributed by atoms with E-state index in [0.29, 0.717) is 24.4 Å². The van der Waals surface area contributed by atoms with Gasteiger partial charge in [-0.15, -0.1) is 0 Å². The number of hydrogen-bond acceptors (Lipinski definition) is 2. The van der Waals surface area contributed by atoms with Crippen LogP contribution in [0.4, 0.5) is 13.2 Å². The molecule has 0 aromatic carbocycles. The summed E-state index contributed by atoms with van der Waals surface area (Å²) < 4.78 is 39.3. The molecule has 0 amide bonds. The third kappa shape index (κ3) is 2.51. The molecule has 0 aliphatic carbocycles. The number of nitrogens with zero attached hydrogens (tertiary/aromatic N) is 2. The zero-order chi connectivity index (χ0) is 12.5. The van der Waals surface area contributed by atoms with Gasteiger partial charge in [0.05, 0.1) is 11.3 Å². The predicted molar refractivity (Wildman–Crippen MR) is 58.0 cm³/mol.